The Morgan fingerprint density at radius 3 is 1.62 bits per heavy atom. The first-order valence-corrected chi connectivity index (χ1v) is 16.6. The maximum atomic E-state index is 4.19. The van der Waals surface area contributed by atoms with Crippen LogP contribution in [0.1, 0.15) is 27.2 Å². The Kier molecular flexibility index (Phi) is 6.41. The van der Waals surface area contributed by atoms with Crippen LogP contribution in [-0.2, 0) is 0 Å². The monoisotopic (exact) mass is 453 g/mol. The van der Waals surface area contributed by atoms with Crippen molar-refractivity contribution in [2.75, 3.05) is 4.98 Å². The molecule has 0 amide bonds. The van der Waals surface area contributed by atoms with E-state index in [0.717, 1.165) is 6.42 Å². The molecule has 0 aliphatic heterocycles. The third-order valence-corrected chi connectivity index (χ3v) is 13.0. The quantitative estimate of drug-likeness (QED) is 0.445. The highest BCUT2D eigenvalue weighted by Gasteiger charge is 2.46. The maximum Gasteiger partial charge on any atom is 0.246 e. The molecule has 0 saturated carbocycles. The summed E-state index contributed by atoms with van der Waals surface area (Å²) >= 11 is 0. The lowest BCUT2D eigenvalue weighted by atomic mass is 9.87. The molecule has 1 N–H and O–H groups in total. The van der Waals surface area contributed by atoms with Crippen LogP contribution in [0.5, 0.6) is 0 Å². The van der Waals surface area contributed by atoms with E-state index in [9.17, 15) is 0 Å². The molecule has 0 fully saturated rings. The van der Waals surface area contributed by atoms with Gasteiger partial charge in [0, 0.05) is 5.69 Å². The van der Waals surface area contributed by atoms with Gasteiger partial charge in [-0.2, -0.15) is 0 Å². The molecular formula is C29H35NSi2. The summed E-state index contributed by atoms with van der Waals surface area (Å²) in [5.74, 6) is 0. The molecule has 1 aliphatic rings. The zero-order valence-corrected chi connectivity index (χ0v) is 22.2. The van der Waals surface area contributed by atoms with Crippen LogP contribution in [-0.4, -0.2) is 17.0 Å². The van der Waals surface area contributed by atoms with E-state index in [2.05, 4.69) is 136 Å². The molecule has 1 aliphatic carbocycles. The molecule has 0 atom stereocenters. The highest BCUT2D eigenvalue weighted by Crippen LogP contribution is 2.42. The molecule has 3 heteroatoms. The van der Waals surface area contributed by atoms with Crippen molar-refractivity contribution in [3.05, 3.63) is 113 Å². The lowest BCUT2D eigenvalue weighted by Gasteiger charge is -2.38. The zero-order valence-electron chi connectivity index (χ0n) is 20.0. The van der Waals surface area contributed by atoms with Crippen molar-refractivity contribution in [1.82, 2.24) is 0 Å². The number of hydrogen-bond donors (Lipinski definition) is 1. The second kappa shape index (κ2) is 9.09. The Labute approximate surface area is 196 Å². The molecule has 32 heavy (non-hydrogen) atoms. The summed E-state index contributed by atoms with van der Waals surface area (Å²) < 4.78 is 0. The maximum absolute atomic E-state index is 4.19. The van der Waals surface area contributed by atoms with Gasteiger partial charge >= 0.3 is 0 Å². The SMILES string of the molecule is C[SiH](C)C1=C([Si](Nc2ccccc2)(c2ccccc2)c2ccccc2)CC=C1C(C)(C)C. The van der Waals surface area contributed by atoms with Gasteiger partial charge in [0.05, 0.1) is 8.80 Å². The van der Waals surface area contributed by atoms with E-state index in [0.29, 0.717) is 0 Å². The summed E-state index contributed by atoms with van der Waals surface area (Å²) in [6.07, 6.45) is 3.58. The number of nitrogens with one attached hydrogen (secondary N) is 1. The van der Waals surface area contributed by atoms with Crippen molar-refractivity contribution >= 4 is 33.1 Å². The Balaban J connectivity index is 2.06. The zero-order chi connectivity index (χ0) is 22.8. The predicted molar refractivity (Wildman–Crippen MR) is 146 cm³/mol. The van der Waals surface area contributed by atoms with Gasteiger partial charge in [0.15, 0.2) is 0 Å². The molecule has 0 unspecified atom stereocenters. The van der Waals surface area contributed by atoms with E-state index in [1.54, 1.807) is 16.0 Å². The summed E-state index contributed by atoms with van der Waals surface area (Å²) in [5, 5.41) is 6.21. The molecule has 0 heterocycles. The van der Waals surface area contributed by atoms with Crippen molar-refractivity contribution in [2.45, 2.75) is 40.3 Å². The van der Waals surface area contributed by atoms with E-state index < -0.39 is 17.0 Å². The fourth-order valence-corrected chi connectivity index (χ4v) is 13.1. The van der Waals surface area contributed by atoms with Crippen LogP contribution >= 0.6 is 0 Å². The number of hydrogen-bond acceptors (Lipinski definition) is 1. The third-order valence-electron chi connectivity index (χ3n) is 6.48. The van der Waals surface area contributed by atoms with E-state index in [4.69, 9.17) is 0 Å². The van der Waals surface area contributed by atoms with Gasteiger partial charge in [-0.25, -0.2) is 0 Å². The minimum atomic E-state index is -2.49. The van der Waals surface area contributed by atoms with Gasteiger partial charge in [0.1, 0.15) is 0 Å². The molecule has 0 spiro atoms. The average molecular weight is 454 g/mol. The number of allylic oxidation sites excluding steroid dienone is 4. The first-order valence-electron chi connectivity index (χ1n) is 11.7. The minimum Gasteiger partial charge on any atom is -0.400 e. The van der Waals surface area contributed by atoms with Crippen LogP contribution in [0.4, 0.5) is 5.69 Å². The van der Waals surface area contributed by atoms with Gasteiger partial charge in [-0.15, -0.1) is 0 Å². The first-order chi connectivity index (χ1) is 15.3. The molecule has 4 rings (SSSR count). The first kappa shape index (κ1) is 22.6. The van der Waals surface area contributed by atoms with Crippen molar-refractivity contribution in [2.24, 2.45) is 5.41 Å². The minimum absolute atomic E-state index is 0.161. The Morgan fingerprint density at radius 1 is 0.719 bits per heavy atom. The Bertz CT molecular complexity index is 1070. The topological polar surface area (TPSA) is 12.0 Å². The van der Waals surface area contributed by atoms with Gasteiger partial charge < -0.3 is 4.98 Å². The lowest BCUT2D eigenvalue weighted by Crippen LogP contribution is -2.66. The predicted octanol–water partition coefficient (Wildman–Crippen LogP) is 6.10. The van der Waals surface area contributed by atoms with E-state index in [-0.39, 0.29) is 5.41 Å². The van der Waals surface area contributed by atoms with Crippen LogP contribution in [0.2, 0.25) is 13.1 Å². The number of benzene rings is 3. The number of rotatable bonds is 6. The van der Waals surface area contributed by atoms with Gasteiger partial charge in [-0.1, -0.05) is 124 Å². The van der Waals surface area contributed by atoms with Crippen molar-refractivity contribution in [3.63, 3.8) is 0 Å². The van der Waals surface area contributed by atoms with Crippen LogP contribution in [0, 0.1) is 5.41 Å². The van der Waals surface area contributed by atoms with Crippen molar-refractivity contribution in [1.29, 1.82) is 0 Å². The number of para-hydroxylation sites is 1. The van der Waals surface area contributed by atoms with E-state index in [1.165, 1.54) is 16.1 Å². The second-order valence-electron chi connectivity index (χ2n) is 10.1. The van der Waals surface area contributed by atoms with Gasteiger partial charge in [0.2, 0.25) is 8.24 Å². The summed E-state index contributed by atoms with van der Waals surface area (Å²) in [7, 11) is -3.58. The highest BCUT2D eigenvalue weighted by atomic mass is 28.3. The molecule has 164 valence electrons. The fraction of sp³-hybridized carbons (Fsp3) is 0.241. The molecule has 3 aromatic rings. The van der Waals surface area contributed by atoms with Crippen LogP contribution in [0.25, 0.3) is 0 Å². The standard InChI is InChI=1S/C29H35NSi2/c1-29(2,3)26-21-22-27(28(26)31(4)5)32(24-17-11-7-12-18-24,25-19-13-8-14-20-25)30-23-15-9-6-10-16-23/h6-21,30-31H,22H2,1-5H3. The molecule has 1 nitrogen and oxygen atoms in total. The highest BCUT2D eigenvalue weighted by molar-refractivity contribution is 7.10. The van der Waals surface area contributed by atoms with Crippen molar-refractivity contribution < 1.29 is 0 Å². The molecule has 0 radical (unpaired) electrons. The van der Waals surface area contributed by atoms with Gasteiger partial charge in [-0.05, 0) is 45.1 Å². The molecule has 0 saturated heterocycles. The van der Waals surface area contributed by atoms with E-state index in [1.807, 2.05) is 0 Å². The molecule has 3 aromatic carbocycles. The van der Waals surface area contributed by atoms with Gasteiger partial charge in [0.25, 0.3) is 0 Å². The molecular weight excluding hydrogens is 418 g/mol. The molecule has 0 bridgehead atoms. The van der Waals surface area contributed by atoms with Crippen LogP contribution < -0.4 is 15.4 Å². The summed E-state index contributed by atoms with van der Waals surface area (Å²) in [4.78, 5) is 4.19. The Hall–Kier alpha value is -2.63. The normalized spacial score (nSPS) is 14.6. The van der Waals surface area contributed by atoms with Crippen LogP contribution in [0.3, 0.4) is 0 Å². The van der Waals surface area contributed by atoms with Crippen LogP contribution in [0.15, 0.2) is 113 Å². The Morgan fingerprint density at radius 2 is 1.19 bits per heavy atom. The molecule has 0 aromatic heterocycles. The third kappa shape index (κ3) is 4.19. The lowest BCUT2D eigenvalue weighted by molar-refractivity contribution is 0.515. The fourth-order valence-electron chi connectivity index (χ4n) is 5.16. The average Bonchev–Trinajstić information content (AvgIpc) is 3.26. The number of anilines is 1. The second-order valence-corrected chi connectivity index (χ2v) is 16.5. The summed E-state index contributed by atoms with van der Waals surface area (Å²) in [5.41, 5.74) is 2.94. The van der Waals surface area contributed by atoms with Crippen molar-refractivity contribution in [3.8, 4) is 0 Å². The van der Waals surface area contributed by atoms with Gasteiger partial charge in [-0.3, -0.25) is 0 Å². The summed E-state index contributed by atoms with van der Waals surface area (Å²) in [6.45, 7) is 12.1. The summed E-state index contributed by atoms with van der Waals surface area (Å²) in [6, 6.07) is 33.3. The van der Waals surface area contributed by atoms with E-state index >= 15 is 0 Å². The smallest absolute Gasteiger partial charge is 0.246 e. The largest absolute Gasteiger partial charge is 0.400 e.